The lowest BCUT2D eigenvalue weighted by Crippen LogP contribution is -2.62. The molecule has 0 aliphatic heterocycles. The summed E-state index contributed by atoms with van der Waals surface area (Å²) in [7, 11) is 2.14. The molecule has 1 aromatic rings. The molecule has 1 aromatic carbocycles. The number of aliphatic carboxylic acids is 1. The Kier molecular flexibility index (Phi) is 11.8. The fourth-order valence-electron chi connectivity index (χ4n) is 16.6. The molecule has 0 amide bonds. The minimum Gasteiger partial charge on any atom is -0.481 e. The molecule has 8 nitrogen and oxygen atoms in total. The third-order valence-electron chi connectivity index (χ3n) is 20.0. The summed E-state index contributed by atoms with van der Waals surface area (Å²) in [5, 5.41) is 45.4. The zero-order valence-electron chi connectivity index (χ0n) is 38.5. The van der Waals surface area contributed by atoms with E-state index in [2.05, 4.69) is 75.7 Å². The van der Waals surface area contributed by atoms with Crippen molar-refractivity contribution in [2.24, 2.45) is 63.6 Å². The number of ketones is 1. The predicted molar refractivity (Wildman–Crippen MR) is 242 cm³/mol. The molecule has 8 aliphatic carbocycles. The summed E-state index contributed by atoms with van der Waals surface area (Å²) in [5.41, 5.74) is 5.16. The standard InChI is InChI=1S/C54H75NO7/c1-7-22-54(61)24-21-43-40-15-11-34-27-37(56)14-16-39(34)49(40)41(31-52(43,54)4)33-9-12-36(13-10-33)55(6)25-26-62-38-20-23-51(3)35(28-38)29-46(57)50-44-18-17-42(32(2)8-19-48(59)60)53(44,5)47(58)30-45(50)51/h9-10,12-13,27,32,35,38,40-47,50,57-58,61H,8,11,14-21,23-26,28-31H2,1-6H3,(H,59,60). The number of aliphatic hydroxyl groups is 3. The van der Waals surface area contributed by atoms with Crippen LogP contribution in [0.5, 0.6) is 0 Å². The average molecular weight is 850 g/mol. The Hall–Kier alpha value is -2.96. The third kappa shape index (κ3) is 7.08. The van der Waals surface area contributed by atoms with Gasteiger partial charge in [0.05, 0.1) is 24.9 Å². The molecule has 4 N–H and O–H groups in total. The van der Waals surface area contributed by atoms with Crippen LogP contribution in [0.3, 0.4) is 0 Å². The number of rotatable bonds is 10. The number of likely N-dealkylation sites (N-methyl/N-ethyl adjacent to an activating group) is 1. The van der Waals surface area contributed by atoms with Crippen LogP contribution >= 0.6 is 0 Å². The van der Waals surface area contributed by atoms with E-state index in [-0.39, 0.29) is 76.2 Å². The number of carboxylic acid groups (broad SMARTS) is 1. The topological polar surface area (TPSA) is 128 Å². The van der Waals surface area contributed by atoms with E-state index in [1.165, 1.54) is 22.3 Å². The largest absolute Gasteiger partial charge is 0.481 e. The molecule has 338 valence electrons. The van der Waals surface area contributed by atoms with Gasteiger partial charge in [0.2, 0.25) is 0 Å². The van der Waals surface area contributed by atoms with Crippen molar-refractivity contribution in [1.82, 2.24) is 0 Å². The number of ether oxygens (including phenoxy) is 1. The number of benzene rings is 1. The molecule has 9 rings (SSSR count). The van der Waals surface area contributed by atoms with Crippen molar-refractivity contribution in [3.8, 4) is 11.8 Å². The Labute approximate surface area is 371 Å². The van der Waals surface area contributed by atoms with Crippen LogP contribution in [0.4, 0.5) is 5.69 Å². The number of hydrogen-bond acceptors (Lipinski definition) is 7. The molecule has 0 saturated heterocycles. The van der Waals surface area contributed by atoms with Crippen LogP contribution in [-0.2, 0) is 14.3 Å². The second kappa shape index (κ2) is 16.5. The molecule has 0 aromatic heterocycles. The first-order valence-corrected chi connectivity index (χ1v) is 24.7. The van der Waals surface area contributed by atoms with Crippen LogP contribution in [-0.4, -0.2) is 76.3 Å². The van der Waals surface area contributed by atoms with Crippen LogP contribution in [0.2, 0.25) is 0 Å². The Morgan fingerprint density at radius 3 is 2.47 bits per heavy atom. The number of anilines is 1. The Bertz CT molecular complexity index is 2030. The van der Waals surface area contributed by atoms with E-state index in [1.54, 1.807) is 0 Å². The molecule has 6 fully saturated rings. The first kappa shape index (κ1) is 44.3. The summed E-state index contributed by atoms with van der Waals surface area (Å²) in [6.07, 6.45) is 14.6. The lowest BCUT2D eigenvalue weighted by Gasteiger charge is -2.63. The number of hydrogen-bond donors (Lipinski definition) is 4. The summed E-state index contributed by atoms with van der Waals surface area (Å²) in [6.45, 7) is 12.4. The van der Waals surface area contributed by atoms with Gasteiger partial charge in [-0.05, 0) is 190 Å². The van der Waals surface area contributed by atoms with Crippen molar-refractivity contribution >= 4 is 17.4 Å². The van der Waals surface area contributed by atoms with Crippen LogP contribution < -0.4 is 4.90 Å². The van der Waals surface area contributed by atoms with Crippen LogP contribution in [0.25, 0.3) is 0 Å². The van der Waals surface area contributed by atoms with Crippen molar-refractivity contribution in [3.05, 3.63) is 52.6 Å². The van der Waals surface area contributed by atoms with E-state index in [0.717, 1.165) is 95.7 Å². The minimum absolute atomic E-state index is 0.0643. The smallest absolute Gasteiger partial charge is 0.303 e. The van der Waals surface area contributed by atoms with E-state index in [1.807, 2.05) is 13.0 Å². The number of nitrogens with zero attached hydrogens (tertiary/aromatic N) is 1. The monoisotopic (exact) mass is 850 g/mol. The van der Waals surface area contributed by atoms with Gasteiger partial charge < -0.3 is 30.1 Å². The number of carbonyl (C=O) groups is 2. The van der Waals surface area contributed by atoms with Gasteiger partial charge in [0, 0.05) is 43.5 Å². The highest BCUT2D eigenvalue weighted by Gasteiger charge is 2.66. The van der Waals surface area contributed by atoms with Gasteiger partial charge in [0.25, 0.3) is 0 Å². The van der Waals surface area contributed by atoms with Gasteiger partial charge in [0.1, 0.15) is 5.60 Å². The average Bonchev–Trinajstić information content (AvgIpc) is 3.73. The second-order valence-corrected chi connectivity index (χ2v) is 22.6. The van der Waals surface area contributed by atoms with Gasteiger partial charge in [0.15, 0.2) is 5.78 Å². The summed E-state index contributed by atoms with van der Waals surface area (Å²) in [4.78, 5) is 26.2. The molecule has 0 spiro atoms. The van der Waals surface area contributed by atoms with Crippen molar-refractivity contribution < 1.29 is 34.8 Å². The van der Waals surface area contributed by atoms with Crippen molar-refractivity contribution in [3.63, 3.8) is 0 Å². The van der Waals surface area contributed by atoms with E-state index >= 15 is 0 Å². The quantitative estimate of drug-likeness (QED) is 0.172. The first-order chi connectivity index (χ1) is 29.5. The van der Waals surface area contributed by atoms with Crippen LogP contribution in [0.15, 0.2) is 47.1 Å². The molecule has 62 heavy (non-hydrogen) atoms. The number of aliphatic hydroxyl groups excluding tert-OH is 2. The van der Waals surface area contributed by atoms with E-state index < -0.39 is 17.7 Å². The van der Waals surface area contributed by atoms with E-state index in [4.69, 9.17) is 4.74 Å². The summed E-state index contributed by atoms with van der Waals surface area (Å²) < 4.78 is 6.67. The Morgan fingerprint density at radius 1 is 0.952 bits per heavy atom. The van der Waals surface area contributed by atoms with Gasteiger partial charge in [-0.25, -0.2) is 0 Å². The SMILES string of the molecule is CC#CC1(O)CCC2C3CCC4=CC(=O)CCC4=C3C(c3ccc(N(C)CCOC4CCC5(C)C(C4)CC(O)C4C5CC(O)C5(C)C(C(C)CCC(=O)O)CCC45)cc3)CC21C. The van der Waals surface area contributed by atoms with E-state index in [0.29, 0.717) is 37.2 Å². The molecule has 16 atom stereocenters. The predicted octanol–water partition coefficient (Wildman–Crippen LogP) is 9.26. The molecule has 8 aliphatic rings. The van der Waals surface area contributed by atoms with Gasteiger partial charge in [-0.3, -0.25) is 9.59 Å². The zero-order chi connectivity index (χ0) is 43.9. The summed E-state index contributed by atoms with van der Waals surface area (Å²) in [5.74, 6) is 8.46. The molecular formula is C54H75NO7. The van der Waals surface area contributed by atoms with Crippen LogP contribution in [0, 0.1) is 75.4 Å². The van der Waals surface area contributed by atoms with Crippen LogP contribution in [0.1, 0.15) is 149 Å². The molecule has 16 unspecified atom stereocenters. The lowest BCUT2D eigenvalue weighted by atomic mass is 9.43. The van der Waals surface area contributed by atoms with Gasteiger partial charge in [-0.2, -0.15) is 0 Å². The first-order valence-electron chi connectivity index (χ1n) is 24.7. The molecule has 6 saturated carbocycles. The van der Waals surface area contributed by atoms with Gasteiger partial charge in [-0.15, -0.1) is 5.92 Å². The fourth-order valence-corrected chi connectivity index (χ4v) is 16.6. The fraction of sp³-hybridized carbons (Fsp3) is 0.741. The van der Waals surface area contributed by atoms with Crippen molar-refractivity contribution in [2.75, 3.05) is 25.1 Å². The summed E-state index contributed by atoms with van der Waals surface area (Å²) >= 11 is 0. The number of fused-ring (bicyclic) bond motifs is 9. The minimum atomic E-state index is -0.985. The van der Waals surface area contributed by atoms with Crippen molar-refractivity contribution in [2.45, 2.75) is 167 Å². The second-order valence-electron chi connectivity index (χ2n) is 22.6. The van der Waals surface area contributed by atoms with Gasteiger partial charge in [-0.1, -0.05) is 51.3 Å². The molecule has 0 bridgehead atoms. The Balaban J connectivity index is 0.842. The number of allylic oxidation sites excluding steroid dienone is 4. The Morgan fingerprint density at radius 2 is 1.73 bits per heavy atom. The maximum Gasteiger partial charge on any atom is 0.303 e. The number of carbonyl (C=O) groups excluding carboxylic acids is 1. The lowest BCUT2D eigenvalue weighted by molar-refractivity contribution is -0.209. The maximum atomic E-state index is 12.5. The molecule has 8 heteroatoms. The highest BCUT2D eigenvalue weighted by molar-refractivity contribution is 5.93. The normalized spacial score (nSPS) is 43.7. The van der Waals surface area contributed by atoms with Crippen molar-refractivity contribution in [1.29, 1.82) is 0 Å². The number of carboxylic acids is 1. The third-order valence-corrected chi connectivity index (χ3v) is 20.0. The zero-order valence-corrected chi connectivity index (χ0v) is 38.5. The highest BCUT2D eigenvalue weighted by Crippen LogP contribution is 2.69. The van der Waals surface area contributed by atoms with E-state index in [9.17, 15) is 30.0 Å². The molecule has 0 heterocycles. The molecule has 0 radical (unpaired) electrons. The summed E-state index contributed by atoms with van der Waals surface area (Å²) in [6, 6.07) is 9.10. The maximum absolute atomic E-state index is 12.5. The van der Waals surface area contributed by atoms with Gasteiger partial charge >= 0.3 is 5.97 Å². The highest BCUT2D eigenvalue weighted by atomic mass is 16.5. The molecular weight excluding hydrogens is 775 g/mol.